The molecule has 0 saturated carbocycles. The molecule has 0 aliphatic carbocycles. The molecule has 0 aliphatic heterocycles. The second kappa shape index (κ2) is 6.22. The highest BCUT2D eigenvalue weighted by Gasteiger charge is 2.09. The van der Waals surface area contributed by atoms with E-state index in [-0.39, 0.29) is 0 Å². The minimum Gasteiger partial charge on any atom is -0.399 e. The number of aryl methyl sites for hydroxylation is 2. The van der Waals surface area contributed by atoms with Gasteiger partial charge in [0.15, 0.2) is 0 Å². The first kappa shape index (κ1) is 13.4. The van der Waals surface area contributed by atoms with Gasteiger partial charge in [-0.05, 0) is 38.0 Å². The zero-order chi connectivity index (χ0) is 13.7. The average Bonchev–Trinajstić information content (AvgIpc) is 2.81. The molecule has 0 radical (unpaired) electrons. The van der Waals surface area contributed by atoms with E-state index in [9.17, 15) is 0 Å². The van der Waals surface area contributed by atoms with Gasteiger partial charge < -0.3 is 11.1 Å². The summed E-state index contributed by atoms with van der Waals surface area (Å²) in [5.41, 5.74) is 7.75. The Bertz CT molecular complexity index is 515. The summed E-state index contributed by atoms with van der Waals surface area (Å²) in [6, 6.07) is 7.99. The second-order valence-electron chi connectivity index (χ2n) is 4.46. The van der Waals surface area contributed by atoms with Crippen molar-refractivity contribution < 1.29 is 0 Å². The molecule has 0 spiro atoms. The van der Waals surface area contributed by atoms with E-state index in [1.807, 2.05) is 12.1 Å². The van der Waals surface area contributed by atoms with Gasteiger partial charge in [-0.25, -0.2) is 0 Å². The molecule has 1 aromatic heterocycles. The van der Waals surface area contributed by atoms with Crippen molar-refractivity contribution in [3.63, 3.8) is 0 Å². The summed E-state index contributed by atoms with van der Waals surface area (Å²) in [6.45, 7) is 5.90. The van der Waals surface area contributed by atoms with E-state index in [1.165, 1.54) is 5.56 Å². The smallest absolute Gasteiger partial charge is 0.224 e. The van der Waals surface area contributed by atoms with Crippen LogP contribution in [0.1, 0.15) is 25.2 Å². The summed E-state index contributed by atoms with van der Waals surface area (Å²) in [5.74, 6) is 1.88. The lowest BCUT2D eigenvalue weighted by Crippen LogP contribution is -2.09. The van der Waals surface area contributed by atoms with Crippen LogP contribution in [-0.4, -0.2) is 21.3 Å². The first-order chi connectivity index (χ1) is 9.24. The van der Waals surface area contributed by atoms with Crippen molar-refractivity contribution in [3.8, 4) is 0 Å². The van der Waals surface area contributed by atoms with Crippen LogP contribution in [0.15, 0.2) is 24.3 Å². The largest absolute Gasteiger partial charge is 0.399 e. The number of benzene rings is 1. The zero-order valence-corrected chi connectivity index (χ0v) is 11.6. The van der Waals surface area contributed by atoms with Crippen LogP contribution in [0.4, 0.5) is 11.6 Å². The molecule has 0 unspecified atom stereocenters. The van der Waals surface area contributed by atoms with Gasteiger partial charge in [0, 0.05) is 25.2 Å². The molecule has 0 atom stereocenters. The number of nitrogens with two attached hydrogens (primary N) is 1. The predicted molar refractivity (Wildman–Crippen MR) is 78.1 cm³/mol. The zero-order valence-electron chi connectivity index (χ0n) is 11.6. The van der Waals surface area contributed by atoms with Crippen molar-refractivity contribution >= 4 is 11.6 Å². The van der Waals surface area contributed by atoms with Gasteiger partial charge in [0.2, 0.25) is 5.95 Å². The quantitative estimate of drug-likeness (QED) is 0.779. The molecule has 19 heavy (non-hydrogen) atoms. The van der Waals surface area contributed by atoms with E-state index in [1.54, 1.807) is 0 Å². The Morgan fingerprint density at radius 1 is 1.11 bits per heavy atom. The molecular weight excluding hydrogens is 238 g/mol. The molecule has 5 heteroatoms. The lowest BCUT2D eigenvalue weighted by Gasteiger charge is -2.08. The summed E-state index contributed by atoms with van der Waals surface area (Å²) in [5, 5.41) is 11.7. The minimum atomic E-state index is 0.801. The maximum atomic E-state index is 5.68. The Morgan fingerprint density at radius 3 is 2.47 bits per heavy atom. The summed E-state index contributed by atoms with van der Waals surface area (Å²) >= 11 is 0. The third-order valence-corrected chi connectivity index (χ3v) is 3.10. The standard InChI is InChI=1S/C14H21N5/c1-3-16-14-18-17-13(19(14)4-2)10-7-11-5-8-12(15)9-6-11/h5-6,8-9H,3-4,7,10,15H2,1-2H3,(H,16,18). The SMILES string of the molecule is CCNc1nnc(CCc2ccc(N)cc2)n1CC. The number of nitrogens with zero attached hydrogens (tertiary/aromatic N) is 3. The molecule has 0 amide bonds. The summed E-state index contributed by atoms with van der Waals surface area (Å²) < 4.78 is 2.13. The number of hydrogen-bond acceptors (Lipinski definition) is 4. The van der Waals surface area contributed by atoms with E-state index in [4.69, 9.17) is 5.73 Å². The van der Waals surface area contributed by atoms with Gasteiger partial charge in [-0.3, -0.25) is 4.57 Å². The Balaban J connectivity index is 2.04. The Morgan fingerprint density at radius 2 is 1.84 bits per heavy atom. The van der Waals surface area contributed by atoms with Gasteiger partial charge in [0.1, 0.15) is 5.82 Å². The minimum absolute atomic E-state index is 0.801. The number of aromatic nitrogens is 3. The molecule has 0 saturated heterocycles. The number of nitrogens with one attached hydrogen (secondary N) is 1. The maximum absolute atomic E-state index is 5.68. The van der Waals surface area contributed by atoms with Crippen LogP contribution in [0.25, 0.3) is 0 Å². The fourth-order valence-electron chi connectivity index (χ4n) is 2.08. The van der Waals surface area contributed by atoms with Gasteiger partial charge in [-0.2, -0.15) is 0 Å². The lowest BCUT2D eigenvalue weighted by molar-refractivity contribution is 0.692. The predicted octanol–water partition coefficient (Wildman–Crippen LogP) is 2.10. The molecule has 2 aromatic rings. The number of anilines is 2. The molecule has 0 fully saturated rings. The van der Waals surface area contributed by atoms with E-state index < -0.39 is 0 Å². The van der Waals surface area contributed by atoms with Gasteiger partial charge in [-0.1, -0.05) is 12.1 Å². The molecule has 1 heterocycles. The lowest BCUT2D eigenvalue weighted by atomic mass is 10.1. The average molecular weight is 259 g/mol. The van der Waals surface area contributed by atoms with Crippen LogP contribution in [0.5, 0.6) is 0 Å². The maximum Gasteiger partial charge on any atom is 0.224 e. The fourth-order valence-corrected chi connectivity index (χ4v) is 2.08. The fraction of sp³-hybridized carbons (Fsp3) is 0.429. The van der Waals surface area contributed by atoms with Crippen LogP contribution < -0.4 is 11.1 Å². The van der Waals surface area contributed by atoms with Crippen LogP contribution >= 0.6 is 0 Å². The highest BCUT2D eigenvalue weighted by atomic mass is 15.3. The molecular formula is C14H21N5. The molecule has 5 nitrogen and oxygen atoms in total. The first-order valence-corrected chi connectivity index (χ1v) is 6.75. The Kier molecular flexibility index (Phi) is 4.39. The molecule has 102 valence electrons. The molecule has 0 aliphatic rings. The number of hydrogen-bond donors (Lipinski definition) is 2. The van der Waals surface area contributed by atoms with E-state index in [0.717, 1.165) is 43.4 Å². The molecule has 2 rings (SSSR count). The van der Waals surface area contributed by atoms with Crippen LogP contribution in [0.3, 0.4) is 0 Å². The first-order valence-electron chi connectivity index (χ1n) is 6.75. The van der Waals surface area contributed by atoms with E-state index >= 15 is 0 Å². The summed E-state index contributed by atoms with van der Waals surface area (Å²) in [6.07, 6.45) is 1.83. The normalized spacial score (nSPS) is 10.6. The summed E-state index contributed by atoms with van der Waals surface area (Å²) in [4.78, 5) is 0. The van der Waals surface area contributed by atoms with Gasteiger partial charge >= 0.3 is 0 Å². The molecule has 3 N–H and O–H groups in total. The topological polar surface area (TPSA) is 68.8 Å². The van der Waals surface area contributed by atoms with Crippen molar-refractivity contribution in [3.05, 3.63) is 35.7 Å². The van der Waals surface area contributed by atoms with Crippen molar-refractivity contribution in [2.75, 3.05) is 17.6 Å². The molecule has 1 aromatic carbocycles. The Hall–Kier alpha value is -2.04. The summed E-state index contributed by atoms with van der Waals surface area (Å²) in [7, 11) is 0. The van der Waals surface area contributed by atoms with E-state index in [2.05, 4.69) is 46.1 Å². The van der Waals surface area contributed by atoms with Crippen LogP contribution in [0, 0.1) is 0 Å². The number of nitrogen functional groups attached to an aromatic ring is 1. The van der Waals surface area contributed by atoms with Crippen molar-refractivity contribution in [1.82, 2.24) is 14.8 Å². The monoisotopic (exact) mass is 259 g/mol. The van der Waals surface area contributed by atoms with Crippen LogP contribution in [-0.2, 0) is 19.4 Å². The third kappa shape index (κ3) is 3.24. The van der Waals surface area contributed by atoms with Crippen molar-refractivity contribution in [1.29, 1.82) is 0 Å². The van der Waals surface area contributed by atoms with Crippen molar-refractivity contribution in [2.45, 2.75) is 33.2 Å². The van der Waals surface area contributed by atoms with Gasteiger partial charge in [0.05, 0.1) is 0 Å². The second-order valence-corrected chi connectivity index (χ2v) is 4.46. The number of rotatable bonds is 6. The van der Waals surface area contributed by atoms with Gasteiger partial charge in [-0.15, -0.1) is 10.2 Å². The van der Waals surface area contributed by atoms with Crippen LogP contribution in [0.2, 0.25) is 0 Å². The third-order valence-electron chi connectivity index (χ3n) is 3.10. The van der Waals surface area contributed by atoms with Gasteiger partial charge in [0.25, 0.3) is 0 Å². The molecule has 0 bridgehead atoms. The van der Waals surface area contributed by atoms with Crippen molar-refractivity contribution in [2.24, 2.45) is 0 Å². The Labute approximate surface area is 113 Å². The highest BCUT2D eigenvalue weighted by Crippen LogP contribution is 2.12. The highest BCUT2D eigenvalue weighted by molar-refractivity contribution is 5.39. The van der Waals surface area contributed by atoms with E-state index in [0.29, 0.717) is 0 Å².